The zero-order chi connectivity index (χ0) is 15.5. The number of nitrogens with zero attached hydrogens (tertiary/aromatic N) is 1. The normalized spacial score (nSPS) is 11.0. The zero-order valence-corrected chi connectivity index (χ0v) is 15.4. The molecule has 0 saturated heterocycles. The molecule has 0 aliphatic rings. The highest BCUT2D eigenvalue weighted by atomic mass is 127. The molecular formula is C15H25FIN3O2. The predicted molar refractivity (Wildman–Crippen MR) is 97.4 cm³/mol. The van der Waals surface area contributed by atoms with E-state index in [9.17, 15) is 4.39 Å². The molecule has 0 aromatic heterocycles. The third-order valence-corrected chi connectivity index (χ3v) is 2.74. The lowest BCUT2D eigenvalue weighted by Crippen LogP contribution is -2.38. The largest absolute Gasteiger partial charge is 0.505 e. The quantitative estimate of drug-likeness (QED) is 0.259. The van der Waals surface area contributed by atoms with Gasteiger partial charge in [0, 0.05) is 26.3 Å². The van der Waals surface area contributed by atoms with Crippen molar-refractivity contribution >= 4 is 29.9 Å². The molecule has 126 valence electrons. The number of phenolic OH excluding ortho intramolecular Hbond substituents is 1. The molecule has 0 atom stereocenters. The third-order valence-electron chi connectivity index (χ3n) is 2.74. The van der Waals surface area contributed by atoms with Crippen LogP contribution in [0.25, 0.3) is 0 Å². The SMILES string of the molecule is CCNC(=NCc1ccc(O)c(F)c1)NCCCOCC.I. The van der Waals surface area contributed by atoms with Crippen molar-refractivity contribution in [1.29, 1.82) is 0 Å². The Balaban J connectivity index is 0.00000441. The van der Waals surface area contributed by atoms with E-state index in [4.69, 9.17) is 9.84 Å². The molecule has 22 heavy (non-hydrogen) atoms. The topological polar surface area (TPSA) is 65.9 Å². The molecule has 1 rings (SSSR count). The maximum Gasteiger partial charge on any atom is 0.191 e. The van der Waals surface area contributed by atoms with Gasteiger partial charge in [-0.3, -0.25) is 0 Å². The van der Waals surface area contributed by atoms with Crippen molar-refractivity contribution in [3.05, 3.63) is 29.6 Å². The first-order chi connectivity index (χ1) is 10.2. The van der Waals surface area contributed by atoms with E-state index < -0.39 is 5.82 Å². The summed E-state index contributed by atoms with van der Waals surface area (Å²) < 4.78 is 18.5. The Morgan fingerprint density at radius 2 is 2.09 bits per heavy atom. The number of rotatable bonds is 8. The summed E-state index contributed by atoms with van der Waals surface area (Å²) in [7, 11) is 0. The number of guanidine groups is 1. The van der Waals surface area contributed by atoms with Gasteiger partial charge in [0.2, 0.25) is 0 Å². The summed E-state index contributed by atoms with van der Waals surface area (Å²) in [6.45, 7) is 7.25. The number of hydrogen-bond acceptors (Lipinski definition) is 3. The summed E-state index contributed by atoms with van der Waals surface area (Å²) in [5.74, 6) is -0.288. The van der Waals surface area contributed by atoms with Crippen molar-refractivity contribution in [2.75, 3.05) is 26.3 Å². The molecule has 1 aromatic rings. The summed E-state index contributed by atoms with van der Waals surface area (Å²) >= 11 is 0. The van der Waals surface area contributed by atoms with Gasteiger partial charge in [-0.15, -0.1) is 24.0 Å². The minimum absolute atomic E-state index is 0. The van der Waals surface area contributed by atoms with Gasteiger partial charge >= 0.3 is 0 Å². The van der Waals surface area contributed by atoms with Crippen LogP contribution in [-0.4, -0.2) is 37.4 Å². The van der Waals surface area contributed by atoms with Gasteiger partial charge in [-0.2, -0.15) is 0 Å². The second-order valence-corrected chi connectivity index (χ2v) is 4.46. The van der Waals surface area contributed by atoms with Gasteiger partial charge in [-0.05, 0) is 38.0 Å². The molecule has 5 nitrogen and oxygen atoms in total. The molecule has 0 fully saturated rings. The molecule has 0 aliphatic carbocycles. The number of phenols is 1. The van der Waals surface area contributed by atoms with Crippen LogP contribution in [0.4, 0.5) is 4.39 Å². The summed E-state index contributed by atoms with van der Waals surface area (Å²) in [5, 5.41) is 15.5. The average molecular weight is 425 g/mol. The Kier molecular flexibility index (Phi) is 11.8. The number of benzene rings is 1. The Bertz CT molecular complexity index is 458. The van der Waals surface area contributed by atoms with E-state index in [0.29, 0.717) is 24.7 Å². The van der Waals surface area contributed by atoms with Crippen LogP contribution in [0.5, 0.6) is 5.75 Å². The maximum atomic E-state index is 13.2. The Morgan fingerprint density at radius 1 is 1.32 bits per heavy atom. The molecule has 0 heterocycles. The number of hydrogen-bond donors (Lipinski definition) is 3. The van der Waals surface area contributed by atoms with Gasteiger partial charge in [-0.25, -0.2) is 9.38 Å². The summed E-state index contributed by atoms with van der Waals surface area (Å²) in [6.07, 6.45) is 0.895. The molecule has 0 unspecified atom stereocenters. The number of halogens is 2. The first-order valence-corrected chi connectivity index (χ1v) is 7.24. The molecule has 0 saturated carbocycles. The van der Waals surface area contributed by atoms with E-state index >= 15 is 0 Å². The molecule has 0 spiro atoms. The molecular weight excluding hydrogens is 400 g/mol. The lowest BCUT2D eigenvalue weighted by Gasteiger charge is -2.11. The summed E-state index contributed by atoms with van der Waals surface area (Å²) in [6, 6.07) is 4.28. The maximum absolute atomic E-state index is 13.2. The van der Waals surface area contributed by atoms with Crippen LogP contribution in [0.1, 0.15) is 25.8 Å². The van der Waals surface area contributed by atoms with Crippen molar-refractivity contribution < 1.29 is 14.2 Å². The van der Waals surface area contributed by atoms with Crippen LogP contribution < -0.4 is 10.6 Å². The van der Waals surface area contributed by atoms with Crippen LogP contribution in [0, 0.1) is 5.82 Å². The van der Waals surface area contributed by atoms with Gasteiger partial charge in [0.05, 0.1) is 6.54 Å². The van der Waals surface area contributed by atoms with E-state index in [0.717, 1.165) is 26.1 Å². The molecule has 0 amide bonds. The van der Waals surface area contributed by atoms with E-state index in [1.165, 1.54) is 12.1 Å². The first-order valence-electron chi connectivity index (χ1n) is 7.24. The van der Waals surface area contributed by atoms with E-state index in [-0.39, 0.29) is 29.7 Å². The number of nitrogens with one attached hydrogen (secondary N) is 2. The molecule has 7 heteroatoms. The van der Waals surface area contributed by atoms with Gasteiger partial charge in [0.1, 0.15) is 0 Å². The van der Waals surface area contributed by atoms with E-state index in [1.54, 1.807) is 6.07 Å². The van der Waals surface area contributed by atoms with Gasteiger partial charge in [-0.1, -0.05) is 6.07 Å². The number of aliphatic imine (C=N–C) groups is 1. The fourth-order valence-corrected chi connectivity index (χ4v) is 1.69. The van der Waals surface area contributed by atoms with Crippen LogP contribution >= 0.6 is 24.0 Å². The van der Waals surface area contributed by atoms with Crippen LogP contribution in [-0.2, 0) is 11.3 Å². The van der Waals surface area contributed by atoms with Crippen LogP contribution in [0.2, 0.25) is 0 Å². The van der Waals surface area contributed by atoms with E-state index in [1.807, 2.05) is 13.8 Å². The van der Waals surface area contributed by atoms with Gasteiger partial charge in [0.25, 0.3) is 0 Å². The first kappa shape index (κ1) is 20.9. The molecule has 3 N–H and O–H groups in total. The fraction of sp³-hybridized carbons (Fsp3) is 0.533. The summed E-state index contributed by atoms with van der Waals surface area (Å²) in [4.78, 5) is 4.38. The van der Waals surface area contributed by atoms with Gasteiger partial charge in [0.15, 0.2) is 17.5 Å². The van der Waals surface area contributed by atoms with Crippen molar-refractivity contribution in [3.63, 3.8) is 0 Å². The predicted octanol–water partition coefficient (Wildman–Crippen LogP) is 2.63. The summed E-state index contributed by atoms with van der Waals surface area (Å²) in [5.41, 5.74) is 0.705. The van der Waals surface area contributed by atoms with Crippen LogP contribution in [0.15, 0.2) is 23.2 Å². The van der Waals surface area contributed by atoms with Crippen molar-refractivity contribution in [2.45, 2.75) is 26.8 Å². The second kappa shape index (κ2) is 12.5. The fourth-order valence-electron chi connectivity index (χ4n) is 1.69. The van der Waals surface area contributed by atoms with Crippen LogP contribution in [0.3, 0.4) is 0 Å². The number of aromatic hydroxyl groups is 1. The smallest absolute Gasteiger partial charge is 0.191 e. The highest BCUT2D eigenvalue weighted by molar-refractivity contribution is 14.0. The molecule has 0 radical (unpaired) electrons. The molecule has 0 aliphatic heterocycles. The zero-order valence-electron chi connectivity index (χ0n) is 13.1. The highest BCUT2D eigenvalue weighted by Gasteiger charge is 2.02. The molecule has 1 aromatic carbocycles. The number of ether oxygens (including phenoxy) is 1. The Morgan fingerprint density at radius 3 is 2.73 bits per heavy atom. The minimum atomic E-state index is -0.627. The Hall–Kier alpha value is -1.09. The lowest BCUT2D eigenvalue weighted by molar-refractivity contribution is 0.145. The Labute approximate surface area is 148 Å². The third kappa shape index (κ3) is 8.38. The van der Waals surface area contributed by atoms with E-state index in [2.05, 4.69) is 15.6 Å². The molecule has 0 bridgehead atoms. The van der Waals surface area contributed by atoms with Crippen molar-refractivity contribution in [2.24, 2.45) is 4.99 Å². The second-order valence-electron chi connectivity index (χ2n) is 4.46. The standard InChI is InChI=1S/C15H24FN3O2.HI/c1-3-17-15(18-8-5-9-21-4-2)19-11-12-6-7-14(20)13(16)10-12;/h6-7,10,20H,3-5,8-9,11H2,1-2H3,(H2,17,18,19);1H. The monoisotopic (exact) mass is 425 g/mol. The van der Waals surface area contributed by atoms with Crippen molar-refractivity contribution in [1.82, 2.24) is 10.6 Å². The highest BCUT2D eigenvalue weighted by Crippen LogP contribution is 2.16. The average Bonchev–Trinajstić information content (AvgIpc) is 2.48. The lowest BCUT2D eigenvalue weighted by atomic mass is 10.2. The minimum Gasteiger partial charge on any atom is -0.505 e. The van der Waals surface area contributed by atoms with Gasteiger partial charge < -0.3 is 20.5 Å². The van der Waals surface area contributed by atoms with Crippen molar-refractivity contribution in [3.8, 4) is 5.75 Å².